The highest BCUT2D eigenvalue weighted by Crippen LogP contribution is 2.42. The van der Waals surface area contributed by atoms with E-state index in [1.165, 1.54) is 6.26 Å². The highest BCUT2D eigenvalue weighted by atomic mass is 79.9. The molecule has 4 rings (SSSR count). The third kappa shape index (κ3) is 3.54. The fourth-order valence-electron chi connectivity index (χ4n) is 3.43. The second-order valence-electron chi connectivity index (χ2n) is 7.19. The molecule has 3 heterocycles. The van der Waals surface area contributed by atoms with Crippen LogP contribution >= 0.6 is 15.9 Å². The SMILES string of the molecule is CC1(C)Cc2cc(NC(O)c3coc(Br)n3)c(N3CCOCC3)cc2O1. The normalized spacial score (nSPS) is 19.8. The molecule has 7 nitrogen and oxygen atoms in total. The van der Waals surface area contributed by atoms with Crippen LogP contribution in [-0.4, -0.2) is 42.0 Å². The minimum Gasteiger partial charge on any atom is -0.487 e. The van der Waals surface area contributed by atoms with Gasteiger partial charge in [-0.25, -0.2) is 4.98 Å². The Bertz CT molecular complexity index is 802. The molecule has 2 aromatic rings. The molecule has 0 aliphatic carbocycles. The summed E-state index contributed by atoms with van der Waals surface area (Å²) in [5, 5.41) is 13.7. The summed E-state index contributed by atoms with van der Waals surface area (Å²) in [6.45, 7) is 7.11. The molecule has 26 heavy (non-hydrogen) atoms. The smallest absolute Gasteiger partial charge is 0.264 e. The number of rotatable bonds is 4. The van der Waals surface area contributed by atoms with E-state index >= 15 is 0 Å². The van der Waals surface area contributed by atoms with Gasteiger partial charge in [-0.2, -0.15) is 0 Å². The number of benzene rings is 1. The van der Waals surface area contributed by atoms with E-state index in [0.29, 0.717) is 23.7 Å². The van der Waals surface area contributed by atoms with Crippen molar-refractivity contribution in [2.45, 2.75) is 32.1 Å². The molecule has 0 bridgehead atoms. The standard InChI is InChI=1S/C18H22BrN3O4/c1-18(2)9-11-7-12(20-16(23)13-10-25-17(19)21-13)14(8-15(11)26-18)22-3-5-24-6-4-22/h7-8,10,16,20,23H,3-6,9H2,1-2H3. The molecular weight excluding hydrogens is 402 g/mol. The van der Waals surface area contributed by atoms with Crippen LogP contribution in [0.4, 0.5) is 11.4 Å². The molecule has 0 spiro atoms. The Labute approximate surface area is 160 Å². The molecule has 1 aromatic carbocycles. The number of fused-ring (bicyclic) bond motifs is 1. The van der Waals surface area contributed by atoms with Crippen LogP contribution < -0.4 is 15.0 Å². The first-order valence-electron chi connectivity index (χ1n) is 8.65. The minimum atomic E-state index is -0.974. The molecule has 0 radical (unpaired) electrons. The Hall–Kier alpha value is -1.77. The number of ether oxygens (including phenoxy) is 2. The molecule has 1 saturated heterocycles. The number of nitrogens with one attached hydrogen (secondary N) is 1. The Morgan fingerprint density at radius 1 is 1.31 bits per heavy atom. The molecule has 1 aromatic heterocycles. The lowest BCUT2D eigenvalue weighted by Crippen LogP contribution is -2.36. The average Bonchev–Trinajstić information content (AvgIpc) is 3.16. The zero-order chi connectivity index (χ0) is 18.3. The molecule has 1 fully saturated rings. The van der Waals surface area contributed by atoms with Gasteiger partial charge in [-0.1, -0.05) is 0 Å². The maximum Gasteiger partial charge on any atom is 0.264 e. The number of anilines is 2. The highest BCUT2D eigenvalue weighted by Gasteiger charge is 2.32. The van der Waals surface area contributed by atoms with Crippen LogP contribution in [0.15, 0.2) is 27.6 Å². The Morgan fingerprint density at radius 3 is 2.77 bits per heavy atom. The van der Waals surface area contributed by atoms with Crippen LogP contribution in [0.1, 0.15) is 31.3 Å². The number of hydrogen-bond donors (Lipinski definition) is 2. The summed E-state index contributed by atoms with van der Waals surface area (Å²) in [7, 11) is 0. The maximum absolute atomic E-state index is 10.5. The van der Waals surface area contributed by atoms with E-state index in [-0.39, 0.29) is 5.60 Å². The summed E-state index contributed by atoms with van der Waals surface area (Å²) in [5.74, 6) is 0.903. The monoisotopic (exact) mass is 423 g/mol. The zero-order valence-corrected chi connectivity index (χ0v) is 16.4. The minimum absolute atomic E-state index is 0.223. The summed E-state index contributed by atoms with van der Waals surface area (Å²) < 4.78 is 16.7. The lowest BCUT2D eigenvalue weighted by Gasteiger charge is -2.31. The fourth-order valence-corrected chi connectivity index (χ4v) is 3.73. The first-order chi connectivity index (χ1) is 12.4. The van der Waals surface area contributed by atoms with Gasteiger partial charge >= 0.3 is 0 Å². The molecule has 2 aliphatic heterocycles. The number of hydrogen-bond acceptors (Lipinski definition) is 7. The van der Waals surface area contributed by atoms with Crippen molar-refractivity contribution in [3.63, 3.8) is 0 Å². The summed E-state index contributed by atoms with van der Waals surface area (Å²) in [4.78, 5) is 6.70. The number of nitrogens with zero attached hydrogens (tertiary/aromatic N) is 2. The van der Waals surface area contributed by atoms with Crippen LogP contribution in [-0.2, 0) is 11.2 Å². The second-order valence-corrected chi connectivity index (χ2v) is 7.87. The molecular formula is C18H22BrN3O4. The molecule has 0 amide bonds. The van der Waals surface area contributed by atoms with Gasteiger partial charge < -0.3 is 29.2 Å². The van der Waals surface area contributed by atoms with Gasteiger partial charge in [-0.15, -0.1) is 0 Å². The molecule has 140 valence electrons. The number of oxazole rings is 1. The summed E-state index contributed by atoms with van der Waals surface area (Å²) >= 11 is 3.16. The van der Waals surface area contributed by atoms with Crippen LogP contribution in [0.2, 0.25) is 0 Å². The summed E-state index contributed by atoms with van der Waals surface area (Å²) in [6, 6.07) is 4.12. The van der Waals surface area contributed by atoms with Gasteiger partial charge in [0.15, 0.2) is 6.23 Å². The van der Waals surface area contributed by atoms with Crippen molar-refractivity contribution in [1.29, 1.82) is 0 Å². The zero-order valence-electron chi connectivity index (χ0n) is 14.8. The van der Waals surface area contributed by atoms with Crippen LogP contribution in [0.5, 0.6) is 5.75 Å². The van der Waals surface area contributed by atoms with E-state index < -0.39 is 6.23 Å². The average molecular weight is 424 g/mol. The molecule has 1 unspecified atom stereocenters. The summed E-state index contributed by atoms with van der Waals surface area (Å²) in [5.41, 5.74) is 3.16. The lowest BCUT2D eigenvalue weighted by atomic mass is 10.0. The number of aliphatic hydroxyl groups excluding tert-OH is 1. The van der Waals surface area contributed by atoms with E-state index in [2.05, 4.69) is 57.1 Å². The van der Waals surface area contributed by atoms with Gasteiger partial charge in [-0.3, -0.25) is 0 Å². The quantitative estimate of drug-likeness (QED) is 0.731. The summed E-state index contributed by atoms with van der Waals surface area (Å²) in [6.07, 6.45) is 1.28. The van der Waals surface area contributed by atoms with Gasteiger partial charge in [0.1, 0.15) is 23.3 Å². The second kappa shape index (κ2) is 6.75. The van der Waals surface area contributed by atoms with Crippen molar-refractivity contribution in [3.8, 4) is 5.75 Å². The van der Waals surface area contributed by atoms with Gasteiger partial charge in [0.05, 0.1) is 24.6 Å². The van der Waals surface area contributed by atoms with E-state index in [9.17, 15) is 5.11 Å². The van der Waals surface area contributed by atoms with Gasteiger partial charge in [0.2, 0.25) is 0 Å². The van der Waals surface area contributed by atoms with Gasteiger partial charge in [0, 0.05) is 47.1 Å². The third-order valence-electron chi connectivity index (χ3n) is 4.60. The molecule has 2 aliphatic rings. The molecule has 2 N–H and O–H groups in total. The van der Waals surface area contributed by atoms with Gasteiger partial charge in [0.25, 0.3) is 4.80 Å². The van der Waals surface area contributed by atoms with Crippen LogP contribution in [0.25, 0.3) is 0 Å². The number of morpholine rings is 1. The maximum atomic E-state index is 10.5. The third-order valence-corrected chi connectivity index (χ3v) is 4.96. The largest absolute Gasteiger partial charge is 0.487 e. The Kier molecular flexibility index (Phi) is 4.58. The molecule has 0 saturated carbocycles. The Balaban J connectivity index is 1.67. The number of aromatic nitrogens is 1. The first kappa shape index (κ1) is 17.6. The van der Waals surface area contributed by atoms with Crippen LogP contribution in [0.3, 0.4) is 0 Å². The van der Waals surface area contributed by atoms with Crippen LogP contribution in [0, 0.1) is 0 Å². The van der Waals surface area contributed by atoms with Crippen molar-refractivity contribution in [1.82, 2.24) is 4.98 Å². The van der Waals surface area contributed by atoms with Crippen molar-refractivity contribution in [2.75, 3.05) is 36.5 Å². The van der Waals surface area contributed by atoms with Crippen molar-refractivity contribution < 1.29 is 19.0 Å². The van der Waals surface area contributed by atoms with Gasteiger partial charge in [-0.05, 0) is 19.9 Å². The topological polar surface area (TPSA) is 80.0 Å². The lowest BCUT2D eigenvalue weighted by molar-refractivity contribution is 0.122. The molecule has 8 heteroatoms. The van der Waals surface area contributed by atoms with E-state index in [0.717, 1.165) is 42.2 Å². The highest BCUT2D eigenvalue weighted by molar-refractivity contribution is 9.10. The van der Waals surface area contributed by atoms with Crippen molar-refractivity contribution in [3.05, 3.63) is 34.5 Å². The fraction of sp³-hybridized carbons (Fsp3) is 0.500. The van der Waals surface area contributed by atoms with E-state index in [4.69, 9.17) is 13.9 Å². The predicted octanol–water partition coefficient (Wildman–Crippen LogP) is 3.09. The number of aliphatic hydroxyl groups is 1. The Morgan fingerprint density at radius 2 is 2.08 bits per heavy atom. The van der Waals surface area contributed by atoms with Crippen molar-refractivity contribution >= 4 is 27.3 Å². The number of halogens is 1. The van der Waals surface area contributed by atoms with Crippen molar-refractivity contribution in [2.24, 2.45) is 0 Å². The predicted molar refractivity (Wildman–Crippen MR) is 101 cm³/mol. The van der Waals surface area contributed by atoms with E-state index in [1.54, 1.807) is 0 Å². The first-order valence-corrected chi connectivity index (χ1v) is 9.45. The molecule has 1 atom stereocenters. The van der Waals surface area contributed by atoms with E-state index in [1.807, 2.05) is 0 Å².